The lowest BCUT2D eigenvalue weighted by Gasteiger charge is -2.32. The highest BCUT2D eigenvalue weighted by molar-refractivity contribution is 5.16. The summed E-state index contributed by atoms with van der Waals surface area (Å²) in [5.74, 6) is 0.510. The van der Waals surface area contributed by atoms with Gasteiger partial charge in [0, 0.05) is 13.2 Å². The van der Waals surface area contributed by atoms with E-state index in [2.05, 4.69) is 11.4 Å². The molecule has 0 radical (unpaired) electrons. The van der Waals surface area contributed by atoms with Crippen LogP contribution in [-0.4, -0.2) is 25.3 Å². The number of nitrogens with zero attached hydrogens (tertiary/aromatic N) is 1. The third-order valence-electron chi connectivity index (χ3n) is 4.16. The minimum Gasteiger partial charge on any atom is -0.382 e. The minimum atomic E-state index is -0.413. The van der Waals surface area contributed by atoms with Crippen molar-refractivity contribution < 1.29 is 4.74 Å². The van der Waals surface area contributed by atoms with Crippen molar-refractivity contribution in [3.63, 3.8) is 0 Å². The fraction of sp³-hybridized carbons (Fsp3) is 0.929. The van der Waals surface area contributed by atoms with Gasteiger partial charge < -0.3 is 4.74 Å². The number of hydrogen-bond donors (Lipinski definition) is 1. The lowest BCUT2D eigenvalue weighted by atomic mass is 9.93. The summed E-state index contributed by atoms with van der Waals surface area (Å²) < 4.78 is 5.29. The van der Waals surface area contributed by atoms with Crippen molar-refractivity contribution in [3.8, 4) is 6.07 Å². The van der Waals surface area contributed by atoms with Crippen molar-refractivity contribution in [2.24, 2.45) is 5.92 Å². The van der Waals surface area contributed by atoms with Gasteiger partial charge >= 0.3 is 0 Å². The molecule has 0 aliphatic heterocycles. The van der Waals surface area contributed by atoms with E-state index < -0.39 is 5.54 Å². The molecule has 0 amide bonds. The molecule has 1 atom stereocenters. The molecule has 0 aromatic carbocycles. The molecule has 2 rings (SSSR count). The lowest BCUT2D eigenvalue weighted by molar-refractivity contribution is 0.115. The Morgan fingerprint density at radius 1 is 1.18 bits per heavy atom. The van der Waals surface area contributed by atoms with Crippen LogP contribution < -0.4 is 5.32 Å². The van der Waals surface area contributed by atoms with Crippen LogP contribution in [0, 0.1) is 17.2 Å². The second-order valence-electron chi connectivity index (χ2n) is 5.62. The first-order chi connectivity index (χ1) is 8.30. The van der Waals surface area contributed by atoms with Crippen molar-refractivity contribution >= 4 is 0 Å². The Balaban J connectivity index is 1.98. The molecule has 0 aromatic rings. The molecule has 0 saturated heterocycles. The maximum Gasteiger partial charge on any atom is 0.133 e. The molecule has 1 unspecified atom stereocenters. The van der Waals surface area contributed by atoms with Gasteiger partial charge in [-0.15, -0.1) is 0 Å². The van der Waals surface area contributed by atoms with Crippen LogP contribution in [0.4, 0.5) is 0 Å². The quantitative estimate of drug-likeness (QED) is 0.746. The molecule has 2 fully saturated rings. The number of ether oxygens (including phenoxy) is 1. The van der Waals surface area contributed by atoms with E-state index in [1.54, 1.807) is 7.11 Å². The van der Waals surface area contributed by atoms with Gasteiger partial charge in [-0.05, 0) is 31.6 Å². The van der Waals surface area contributed by atoms with Gasteiger partial charge in [0.1, 0.15) is 5.54 Å². The molecule has 96 valence electrons. The summed E-state index contributed by atoms with van der Waals surface area (Å²) in [6.45, 7) is 0.532. The average Bonchev–Trinajstić information content (AvgIpc) is 3.16. The van der Waals surface area contributed by atoms with Crippen LogP contribution in [0.25, 0.3) is 0 Å². The van der Waals surface area contributed by atoms with Crippen molar-refractivity contribution in [2.45, 2.75) is 62.9 Å². The van der Waals surface area contributed by atoms with Crippen LogP contribution in [0.5, 0.6) is 0 Å². The van der Waals surface area contributed by atoms with E-state index in [0.717, 1.165) is 0 Å². The topological polar surface area (TPSA) is 45.0 Å². The van der Waals surface area contributed by atoms with Gasteiger partial charge in [-0.2, -0.15) is 5.26 Å². The molecule has 1 N–H and O–H groups in total. The van der Waals surface area contributed by atoms with Crippen LogP contribution >= 0.6 is 0 Å². The number of nitriles is 1. The van der Waals surface area contributed by atoms with Gasteiger partial charge in [0.05, 0.1) is 12.7 Å². The summed E-state index contributed by atoms with van der Waals surface area (Å²) in [6, 6.07) is 3.03. The molecular formula is C14H24N2O. The number of methoxy groups -OCH3 is 1. The van der Waals surface area contributed by atoms with Gasteiger partial charge in [0.25, 0.3) is 0 Å². The molecule has 0 aromatic heterocycles. The van der Waals surface area contributed by atoms with E-state index in [4.69, 9.17) is 4.74 Å². The maximum absolute atomic E-state index is 9.53. The first-order valence-corrected chi connectivity index (χ1v) is 6.98. The number of hydrogen-bond acceptors (Lipinski definition) is 3. The van der Waals surface area contributed by atoms with Crippen molar-refractivity contribution in [2.75, 3.05) is 13.7 Å². The third kappa shape index (κ3) is 3.20. The number of rotatable bonds is 5. The van der Waals surface area contributed by atoms with Crippen molar-refractivity contribution in [3.05, 3.63) is 0 Å². The van der Waals surface area contributed by atoms with E-state index in [1.165, 1.54) is 51.4 Å². The van der Waals surface area contributed by atoms with Gasteiger partial charge in [0.2, 0.25) is 0 Å². The molecule has 17 heavy (non-hydrogen) atoms. The van der Waals surface area contributed by atoms with E-state index in [-0.39, 0.29) is 0 Å². The van der Waals surface area contributed by atoms with E-state index in [9.17, 15) is 5.26 Å². The molecule has 2 aliphatic rings. The molecular weight excluding hydrogens is 212 g/mol. The van der Waals surface area contributed by atoms with E-state index >= 15 is 0 Å². The lowest BCUT2D eigenvalue weighted by Crippen LogP contribution is -2.54. The highest BCUT2D eigenvalue weighted by atomic mass is 16.5. The Kier molecular flexibility index (Phi) is 4.42. The fourth-order valence-corrected chi connectivity index (χ4v) is 3.02. The van der Waals surface area contributed by atoms with Crippen LogP contribution in [0.15, 0.2) is 0 Å². The fourth-order valence-electron chi connectivity index (χ4n) is 3.02. The normalized spacial score (nSPS) is 25.9. The highest BCUT2D eigenvalue weighted by Crippen LogP contribution is 2.40. The monoisotopic (exact) mass is 236 g/mol. The van der Waals surface area contributed by atoms with Gasteiger partial charge in [-0.25, -0.2) is 0 Å². The van der Waals surface area contributed by atoms with Crippen LogP contribution in [0.3, 0.4) is 0 Å². The van der Waals surface area contributed by atoms with Gasteiger partial charge in [-0.1, -0.05) is 25.7 Å². The van der Waals surface area contributed by atoms with Gasteiger partial charge in [0.15, 0.2) is 0 Å². The van der Waals surface area contributed by atoms with E-state index in [1.807, 2.05) is 0 Å². The smallest absolute Gasteiger partial charge is 0.133 e. The second kappa shape index (κ2) is 5.84. The van der Waals surface area contributed by atoms with Crippen molar-refractivity contribution in [1.82, 2.24) is 5.32 Å². The zero-order chi connectivity index (χ0) is 12.1. The summed E-state index contributed by atoms with van der Waals surface area (Å²) in [7, 11) is 1.70. The molecule has 3 nitrogen and oxygen atoms in total. The summed E-state index contributed by atoms with van der Waals surface area (Å²) in [5, 5.41) is 13.2. The predicted octanol–water partition coefficient (Wildman–Crippen LogP) is 2.62. The van der Waals surface area contributed by atoms with Crippen molar-refractivity contribution in [1.29, 1.82) is 5.26 Å². The van der Waals surface area contributed by atoms with Gasteiger partial charge in [-0.3, -0.25) is 5.32 Å². The highest BCUT2D eigenvalue weighted by Gasteiger charge is 2.46. The number of nitrogens with one attached hydrogen (secondary N) is 1. The molecule has 3 heteroatoms. The first kappa shape index (κ1) is 12.9. The zero-order valence-corrected chi connectivity index (χ0v) is 10.9. The summed E-state index contributed by atoms with van der Waals surface area (Å²) >= 11 is 0. The van der Waals surface area contributed by atoms with Crippen LogP contribution in [0.1, 0.15) is 51.4 Å². The Hall–Kier alpha value is -0.590. The Morgan fingerprint density at radius 3 is 2.29 bits per heavy atom. The van der Waals surface area contributed by atoms with Crippen LogP contribution in [0.2, 0.25) is 0 Å². The standard InChI is InChI=1S/C14H24N2O/c1-17-11-14(10-15,12-8-9-12)16-13-6-4-2-3-5-7-13/h12-13,16H,2-9,11H2,1H3. The Morgan fingerprint density at radius 2 is 1.82 bits per heavy atom. The molecule has 0 bridgehead atoms. The summed E-state index contributed by atoms with van der Waals surface area (Å²) in [5.41, 5.74) is -0.413. The predicted molar refractivity (Wildman–Crippen MR) is 67.6 cm³/mol. The SMILES string of the molecule is COCC(C#N)(NC1CCCCCC1)C1CC1. The molecule has 0 heterocycles. The molecule has 2 aliphatic carbocycles. The Labute approximate surface area is 105 Å². The van der Waals surface area contributed by atoms with E-state index in [0.29, 0.717) is 18.6 Å². The average molecular weight is 236 g/mol. The third-order valence-corrected chi connectivity index (χ3v) is 4.16. The largest absolute Gasteiger partial charge is 0.382 e. The molecule has 2 saturated carbocycles. The summed E-state index contributed by atoms with van der Waals surface area (Å²) in [4.78, 5) is 0. The minimum absolute atomic E-state index is 0.413. The Bertz CT molecular complexity index is 274. The maximum atomic E-state index is 9.53. The zero-order valence-electron chi connectivity index (χ0n) is 10.9. The second-order valence-corrected chi connectivity index (χ2v) is 5.62. The van der Waals surface area contributed by atoms with Crippen LogP contribution in [-0.2, 0) is 4.74 Å². The first-order valence-electron chi connectivity index (χ1n) is 6.98. The molecule has 0 spiro atoms. The summed E-state index contributed by atoms with van der Waals surface area (Å²) in [6.07, 6.45) is 10.1.